The van der Waals surface area contributed by atoms with Gasteiger partial charge in [-0.25, -0.2) is 0 Å². The van der Waals surface area contributed by atoms with Crippen molar-refractivity contribution in [1.82, 2.24) is 10.6 Å². The molecule has 0 unspecified atom stereocenters. The fourth-order valence-corrected chi connectivity index (χ4v) is 3.90. The Balaban J connectivity index is 1.75. The summed E-state index contributed by atoms with van der Waals surface area (Å²) < 4.78 is 0. The normalized spacial score (nSPS) is 21.1. The van der Waals surface area contributed by atoms with Gasteiger partial charge in [0, 0.05) is 21.3 Å². The molecule has 1 aliphatic carbocycles. The molecular formula is C20H16Cl2N2S. The van der Waals surface area contributed by atoms with Crippen molar-refractivity contribution in [3.63, 3.8) is 0 Å². The number of allylic oxidation sites excluding steroid dienone is 1. The van der Waals surface area contributed by atoms with Gasteiger partial charge in [-0.05, 0) is 66.0 Å². The van der Waals surface area contributed by atoms with Crippen LogP contribution in [-0.2, 0) is 0 Å². The van der Waals surface area contributed by atoms with Crippen LogP contribution in [0.3, 0.4) is 0 Å². The molecule has 2 nitrogen and oxygen atoms in total. The van der Waals surface area contributed by atoms with E-state index in [1.165, 1.54) is 16.8 Å². The zero-order valence-corrected chi connectivity index (χ0v) is 15.7. The monoisotopic (exact) mass is 386 g/mol. The van der Waals surface area contributed by atoms with Gasteiger partial charge in [-0.2, -0.15) is 0 Å². The molecule has 2 aromatic rings. The van der Waals surface area contributed by atoms with Crippen molar-refractivity contribution in [3.8, 4) is 0 Å². The largest absolute Gasteiger partial charge is 0.351 e. The third-order valence-electron chi connectivity index (χ3n) is 4.56. The second-order valence-electron chi connectivity index (χ2n) is 6.20. The van der Waals surface area contributed by atoms with Gasteiger partial charge in [0.1, 0.15) is 0 Å². The SMILES string of the molecule is S=C1NC2=C(/C(=C/c3ccc(Cl)cc3)CC2)[C@@H](c2ccc(Cl)cc2)N1. The summed E-state index contributed by atoms with van der Waals surface area (Å²) in [5.74, 6) is 0. The van der Waals surface area contributed by atoms with Crippen molar-refractivity contribution in [3.05, 3.63) is 86.5 Å². The van der Waals surface area contributed by atoms with E-state index in [1.54, 1.807) is 0 Å². The van der Waals surface area contributed by atoms with Crippen LogP contribution in [-0.4, -0.2) is 5.11 Å². The summed E-state index contributed by atoms with van der Waals surface area (Å²) in [4.78, 5) is 0. The summed E-state index contributed by atoms with van der Waals surface area (Å²) >= 11 is 17.4. The van der Waals surface area contributed by atoms with Crippen molar-refractivity contribution in [2.75, 3.05) is 0 Å². The minimum Gasteiger partial charge on any atom is -0.351 e. The molecule has 25 heavy (non-hydrogen) atoms. The average Bonchev–Trinajstić information content (AvgIpc) is 2.99. The van der Waals surface area contributed by atoms with E-state index >= 15 is 0 Å². The lowest BCUT2D eigenvalue weighted by atomic mass is 9.92. The highest BCUT2D eigenvalue weighted by atomic mass is 35.5. The summed E-state index contributed by atoms with van der Waals surface area (Å²) in [5.41, 5.74) is 6.12. The van der Waals surface area contributed by atoms with E-state index in [2.05, 4.69) is 28.8 Å². The first-order chi connectivity index (χ1) is 12.1. The maximum absolute atomic E-state index is 6.05. The Morgan fingerprint density at radius 2 is 1.56 bits per heavy atom. The number of rotatable bonds is 2. The van der Waals surface area contributed by atoms with E-state index in [0.29, 0.717) is 5.11 Å². The lowest BCUT2D eigenvalue weighted by Gasteiger charge is -2.30. The Bertz CT molecular complexity index is 883. The second-order valence-corrected chi connectivity index (χ2v) is 7.48. The molecule has 2 aliphatic rings. The van der Waals surface area contributed by atoms with Gasteiger partial charge in [0.05, 0.1) is 6.04 Å². The number of benzene rings is 2. The molecule has 5 heteroatoms. The minimum absolute atomic E-state index is 0.0436. The number of hydrogen-bond acceptors (Lipinski definition) is 1. The molecule has 126 valence electrons. The third kappa shape index (κ3) is 3.45. The van der Waals surface area contributed by atoms with Crippen molar-refractivity contribution in [2.45, 2.75) is 18.9 Å². The standard InChI is InChI=1S/C20H16Cl2N2S/c21-15-6-1-12(2-7-15)11-14-5-10-17-18(14)19(24-20(25)23-17)13-3-8-16(22)9-4-13/h1-4,6-9,11,19H,5,10H2,(H2,23,24,25)/b14-11+/t19-/m1/s1. The predicted octanol–water partition coefficient (Wildman–Crippen LogP) is 5.64. The highest BCUT2D eigenvalue weighted by Crippen LogP contribution is 2.41. The van der Waals surface area contributed by atoms with Crippen LogP contribution in [0.25, 0.3) is 6.08 Å². The van der Waals surface area contributed by atoms with E-state index in [1.807, 2.05) is 36.4 Å². The minimum atomic E-state index is 0.0436. The Hall–Kier alpha value is -1.81. The number of thiocarbonyl (C=S) groups is 1. The van der Waals surface area contributed by atoms with Gasteiger partial charge in [0.2, 0.25) is 0 Å². The summed E-state index contributed by atoms with van der Waals surface area (Å²) in [6.07, 6.45) is 4.20. The molecule has 0 radical (unpaired) electrons. The van der Waals surface area contributed by atoms with Gasteiger partial charge in [-0.1, -0.05) is 53.5 Å². The molecule has 2 aromatic carbocycles. The number of nitrogens with one attached hydrogen (secondary N) is 2. The lowest BCUT2D eigenvalue weighted by Crippen LogP contribution is -2.42. The van der Waals surface area contributed by atoms with E-state index in [9.17, 15) is 0 Å². The van der Waals surface area contributed by atoms with E-state index in [-0.39, 0.29) is 6.04 Å². The summed E-state index contributed by atoms with van der Waals surface area (Å²) in [7, 11) is 0. The number of hydrogen-bond donors (Lipinski definition) is 2. The van der Waals surface area contributed by atoms with Crippen LogP contribution in [0.15, 0.2) is 65.4 Å². The van der Waals surface area contributed by atoms with Crippen LogP contribution in [0.4, 0.5) is 0 Å². The van der Waals surface area contributed by atoms with Crippen molar-refractivity contribution < 1.29 is 0 Å². The van der Waals surface area contributed by atoms with Crippen LogP contribution in [0.2, 0.25) is 10.0 Å². The zero-order chi connectivity index (χ0) is 17.4. The summed E-state index contributed by atoms with van der Waals surface area (Å²) in [6.45, 7) is 0. The Morgan fingerprint density at radius 3 is 2.24 bits per heavy atom. The van der Waals surface area contributed by atoms with Crippen molar-refractivity contribution in [1.29, 1.82) is 0 Å². The molecule has 2 N–H and O–H groups in total. The summed E-state index contributed by atoms with van der Waals surface area (Å²) in [6, 6.07) is 15.9. The van der Waals surface area contributed by atoms with Gasteiger partial charge in [0.25, 0.3) is 0 Å². The highest BCUT2D eigenvalue weighted by Gasteiger charge is 2.32. The maximum atomic E-state index is 6.05. The topological polar surface area (TPSA) is 24.1 Å². The first-order valence-electron chi connectivity index (χ1n) is 8.13. The Morgan fingerprint density at radius 1 is 0.920 bits per heavy atom. The Kier molecular flexibility index (Phi) is 4.55. The van der Waals surface area contributed by atoms with Crippen LogP contribution in [0, 0.1) is 0 Å². The first kappa shape index (κ1) is 16.6. The van der Waals surface area contributed by atoms with Crippen molar-refractivity contribution >= 4 is 46.6 Å². The molecule has 4 rings (SSSR count). The van der Waals surface area contributed by atoms with E-state index in [0.717, 1.165) is 34.0 Å². The molecule has 0 bridgehead atoms. The molecule has 0 saturated carbocycles. The molecule has 1 heterocycles. The fourth-order valence-electron chi connectivity index (χ4n) is 3.40. The van der Waals surface area contributed by atoms with Gasteiger partial charge in [0.15, 0.2) is 5.11 Å². The number of halogens is 2. The van der Waals surface area contributed by atoms with Crippen LogP contribution in [0.5, 0.6) is 0 Å². The quantitative estimate of drug-likeness (QED) is 0.652. The van der Waals surface area contributed by atoms with Crippen LogP contribution in [0.1, 0.15) is 30.0 Å². The molecule has 0 fully saturated rings. The van der Waals surface area contributed by atoms with Gasteiger partial charge in [-0.3, -0.25) is 0 Å². The zero-order valence-electron chi connectivity index (χ0n) is 13.4. The fraction of sp³-hybridized carbons (Fsp3) is 0.150. The maximum Gasteiger partial charge on any atom is 0.171 e. The highest BCUT2D eigenvalue weighted by molar-refractivity contribution is 7.80. The predicted molar refractivity (Wildman–Crippen MR) is 109 cm³/mol. The smallest absolute Gasteiger partial charge is 0.171 e. The average molecular weight is 387 g/mol. The molecular weight excluding hydrogens is 371 g/mol. The third-order valence-corrected chi connectivity index (χ3v) is 5.28. The molecule has 1 aliphatic heterocycles. The summed E-state index contributed by atoms with van der Waals surface area (Å²) in [5, 5.41) is 8.89. The van der Waals surface area contributed by atoms with Gasteiger partial charge >= 0.3 is 0 Å². The van der Waals surface area contributed by atoms with Gasteiger partial charge in [-0.15, -0.1) is 0 Å². The second kappa shape index (κ2) is 6.83. The molecule has 0 spiro atoms. The van der Waals surface area contributed by atoms with Crippen molar-refractivity contribution in [2.24, 2.45) is 0 Å². The molecule has 0 saturated heterocycles. The van der Waals surface area contributed by atoms with E-state index < -0.39 is 0 Å². The Labute approximate surface area is 162 Å². The molecule has 1 atom stereocenters. The molecule has 0 aromatic heterocycles. The van der Waals surface area contributed by atoms with E-state index in [4.69, 9.17) is 35.4 Å². The van der Waals surface area contributed by atoms with Gasteiger partial charge < -0.3 is 10.6 Å². The van der Waals surface area contributed by atoms with Crippen LogP contribution < -0.4 is 10.6 Å². The van der Waals surface area contributed by atoms with Crippen LogP contribution >= 0.6 is 35.4 Å². The lowest BCUT2D eigenvalue weighted by molar-refractivity contribution is 0.708. The first-order valence-corrected chi connectivity index (χ1v) is 9.29. The molecule has 0 amide bonds.